The highest BCUT2D eigenvalue weighted by atomic mass is 35.5. The molecule has 0 unspecified atom stereocenters. The molecule has 92 valence electrons. The lowest BCUT2D eigenvalue weighted by Gasteiger charge is -2.10. The van der Waals surface area contributed by atoms with Crippen molar-refractivity contribution in [3.63, 3.8) is 0 Å². The molecule has 6 heteroatoms. The fraction of sp³-hybridized carbons (Fsp3) is 0. The molecule has 3 N–H and O–H groups in total. The Morgan fingerprint density at radius 3 is 2.72 bits per heavy atom. The van der Waals surface area contributed by atoms with Gasteiger partial charge in [-0.1, -0.05) is 23.7 Å². The lowest BCUT2D eigenvalue weighted by atomic mass is 10.3. The minimum atomic E-state index is -0.400. The molecule has 2 aromatic rings. The van der Waals surface area contributed by atoms with Crippen LogP contribution in [0.25, 0.3) is 0 Å². The van der Waals surface area contributed by atoms with Crippen molar-refractivity contribution in [2.75, 3.05) is 10.7 Å². The zero-order chi connectivity index (χ0) is 12.8. The number of aromatic nitrogens is 1. The van der Waals surface area contributed by atoms with E-state index in [2.05, 4.69) is 21.2 Å². The first-order valence-corrected chi connectivity index (χ1v) is 5.61. The molecule has 0 aliphatic carbocycles. The first kappa shape index (κ1) is 12.2. The maximum atomic E-state index is 11.5. The maximum absolute atomic E-state index is 11.5. The Morgan fingerprint density at radius 1 is 1.17 bits per heavy atom. The van der Waals surface area contributed by atoms with Gasteiger partial charge in [-0.2, -0.15) is 0 Å². The SMILES string of the molecule is O=C(NNc1ccccc1Cl)Nc1cccnc1. The highest BCUT2D eigenvalue weighted by Crippen LogP contribution is 2.19. The Balaban J connectivity index is 1.88. The molecule has 0 bridgehead atoms. The normalized spacial score (nSPS) is 9.61. The molecule has 2 rings (SSSR count). The van der Waals surface area contributed by atoms with Crippen molar-refractivity contribution < 1.29 is 4.79 Å². The number of pyridine rings is 1. The maximum Gasteiger partial charge on any atom is 0.337 e. The van der Waals surface area contributed by atoms with Gasteiger partial charge in [0.05, 0.1) is 22.6 Å². The minimum Gasteiger partial charge on any atom is -0.305 e. The lowest BCUT2D eigenvalue weighted by Crippen LogP contribution is -2.33. The van der Waals surface area contributed by atoms with Crippen LogP contribution in [0.15, 0.2) is 48.8 Å². The first-order chi connectivity index (χ1) is 8.75. The second-order valence-electron chi connectivity index (χ2n) is 3.43. The van der Waals surface area contributed by atoms with Crippen LogP contribution in [0.1, 0.15) is 0 Å². The molecule has 5 nitrogen and oxygen atoms in total. The van der Waals surface area contributed by atoms with Crippen LogP contribution in [0.4, 0.5) is 16.2 Å². The fourth-order valence-corrected chi connectivity index (χ4v) is 1.47. The number of carbonyl (C=O) groups excluding carboxylic acids is 1. The number of halogens is 1. The largest absolute Gasteiger partial charge is 0.337 e. The van der Waals surface area contributed by atoms with Gasteiger partial charge in [-0.05, 0) is 24.3 Å². The van der Waals surface area contributed by atoms with Gasteiger partial charge in [0.15, 0.2) is 0 Å². The van der Waals surface area contributed by atoms with E-state index in [1.807, 2.05) is 12.1 Å². The molecular weight excluding hydrogens is 252 g/mol. The van der Waals surface area contributed by atoms with Gasteiger partial charge in [0.1, 0.15) is 0 Å². The Bertz CT molecular complexity index is 533. The Kier molecular flexibility index (Phi) is 3.98. The molecule has 2 amide bonds. The van der Waals surface area contributed by atoms with Gasteiger partial charge in [-0.3, -0.25) is 15.8 Å². The average molecular weight is 263 g/mol. The summed E-state index contributed by atoms with van der Waals surface area (Å²) < 4.78 is 0. The third-order valence-electron chi connectivity index (χ3n) is 2.10. The van der Waals surface area contributed by atoms with Crippen molar-refractivity contribution in [3.05, 3.63) is 53.8 Å². The molecular formula is C12H11ClN4O. The molecule has 0 aliphatic heterocycles. The Morgan fingerprint density at radius 2 is 2.00 bits per heavy atom. The Hall–Kier alpha value is -2.27. The summed E-state index contributed by atoms with van der Waals surface area (Å²) in [5.41, 5.74) is 6.43. The summed E-state index contributed by atoms with van der Waals surface area (Å²) in [5.74, 6) is 0. The van der Waals surface area contributed by atoms with Gasteiger partial charge in [0.25, 0.3) is 0 Å². The fourth-order valence-electron chi connectivity index (χ4n) is 1.29. The minimum absolute atomic E-state index is 0.400. The van der Waals surface area contributed by atoms with E-state index in [1.54, 1.807) is 36.7 Å². The predicted octanol–water partition coefficient (Wildman–Crippen LogP) is 2.88. The number of rotatable bonds is 3. The van der Waals surface area contributed by atoms with Gasteiger partial charge in [0.2, 0.25) is 0 Å². The van der Waals surface area contributed by atoms with Crippen molar-refractivity contribution in [3.8, 4) is 0 Å². The summed E-state index contributed by atoms with van der Waals surface area (Å²) >= 11 is 5.92. The van der Waals surface area contributed by atoms with Crippen LogP contribution in [-0.2, 0) is 0 Å². The summed E-state index contributed by atoms with van der Waals surface area (Å²) in [6.45, 7) is 0. The van der Waals surface area contributed by atoms with Crippen molar-refractivity contribution in [1.29, 1.82) is 0 Å². The number of amides is 2. The van der Waals surface area contributed by atoms with Crippen molar-refractivity contribution >= 4 is 29.0 Å². The average Bonchev–Trinajstić information content (AvgIpc) is 2.39. The van der Waals surface area contributed by atoms with Crippen LogP contribution >= 0.6 is 11.6 Å². The molecule has 1 aromatic heterocycles. The van der Waals surface area contributed by atoms with E-state index in [9.17, 15) is 4.79 Å². The molecule has 0 saturated carbocycles. The van der Waals surface area contributed by atoms with Crippen LogP contribution in [0.3, 0.4) is 0 Å². The quantitative estimate of drug-likeness (QED) is 0.745. The van der Waals surface area contributed by atoms with Gasteiger partial charge in [-0.25, -0.2) is 4.79 Å². The topological polar surface area (TPSA) is 66.1 Å². The predicted molar refractivity (Wildman–Crippen MR) is 71.5 cm³/mol. The van der Waals surface area contributed by atoms with Crippen molar-refractivity contribution in [2.24, 2.45) is 0 Å². The standard InChI is InChI=1S/C12H11ClN4O/c13-10-5-1-2-6-11(10)16-17-12(18)15-9-4-3-7-14-8-9/h1-8,16H,(H2,15,17,18). The smallest absolute Gasteiger partial charge is 0.305 e. The molecule has 0 saturated heterocycles. The number of hydrogen-bond donors (Lipinski definition) is 3. The van der Waals surface area contributed by atoms with E-state index in [0.29, 0.717) is 16.4 Å². The third-order valence-corrected chi connectivity index (χ3v) is 2.43. The molecule has 0 fully saturated rings. The number of anilines is 2. The number of urea groups is 1. The van der Waals surface area contributed by atoms with Crippen LogP contribution in [-0.4, -0.2) is 11.0 Å². The number of benzene rings is 1. The molecule has 1 aromatic carbocycles. The highest BCUT2D eigenvalue weighted by Gasteiger charge is 2.02. The van der Waals surface area contributed by atoms with E-state index in [1.165, 1.54) is 0 Å². The third kappa shape index (κ3) is 3.36. The summed E-state index contributed by atoms with van der Waals surface area (Å²) in [5, 5.41) is 3.14. The van der Waals surface area contributed by atoms with E-state index < -0.39 is 6.03 Å². The number of nitrogens with one attached hydrogen (secondary N) is 3. The second-order valence-corrected chi connectivity index (χ2v) is 3.83. The highest BCUT2D eigenvalue weighted by molar-refractivity contribution is 6.33. The molecule has 0 atom stereocenters. The molecule has 1 heterocycles. The second kappa shape index (κ2) is 5.88. The molecule has 0 spiro atoms. The summed E-state index contributed by atoms with van der Waals surface area (Å²) in [6, 6.07) is 10.2. The zero-order valence-electron chi connectivity index (χ0n) is 9.35. The molecule has 18 heavy (non-hydrogen) atoms. The zero-order valence-corrected chi connectivity index (χ0v) is 10.1. The number of nitrogens with zero attached hydrogens (tertiary/aromatic N) is 1. The van der Waals surface area contributed by atoms with Crippen LogP contribution < -0.4 is 16.2 Å². The Labute approximate surface area is 109 Å². The van der Waals surface area contributed by atoms with Crippen molar-refractivity contribution in [2.45, 2.75) is 0 Å². The number of carbonyl (C=O) groups is 1. The van der Waals surface area contributed by atoms with E-state index in [0.717, 1.165) is 0 Å². The van der Waals surface area contributed by atoms with Crippen LogP contribution in [0, 0.1) is 0 Å². The van der Waals surface area contributed by atoms with Gasteiger partial charge in [0, 0.05) is 6.20 Å². The summed E-state index contributed by atoms with van der Waals surface area (Å²) in [4.78, 5) is 15.4. The van der Waals surface area contributed by atoms with E-state index in [-0.39, 0.29) is 0 Å². The molecule has 0 aliphatic rings. The summed E-state index contributed by atoms with van der Waals surface area (Å²) in [7, 11) is 0. The van der Waals surface area contributed by atoms with E-state index >= 15 is 0 Å². The number of para-hydroxylation sites is 1. The van der Waals surface area contributed by atoms with E-state index in [4.69, 9.17) is 11.6 Å². The number of hydrazine groups is 1. The van der Waals surface area contributed by atoms with Crippen LogP contribution in [0.5, 0.6) is 0 Å². The van der Waals surface area contributed by atoms with Gasteiger partial charge < -0.3 is 5.32 Å². The van der Waals surface area contributed by atoms with Gasteiger partial charge in [-0.15, -0.1) is 0 Å². The van der Waals surface area contributed by atoms with Crippen molar-refractivity contribution in [1.82, 2.24) is 10.4 Å². The number of hydrogen-bond acceptors (Lipinski definition) is 3. The lowest BCUT2D eigenvalue weighted by molar-refractivity contribution is 0.254. The monoisotopic (exact) mass is 262 g/mol. The summed E-state index contributed by atoms with van der Waals surface area (Å²) in [6.07, 6.45) is 3.18. The first-order valence-electron chi connectivity index (χ1n) is 5.23. The van der Waals surface area contributed by atoms with Gasteiger partial charge >= 0.3 is 6.03 Å². The van der Waals surface area contributed by atoms with Crippen LogP contribution in [0.2, 0.25) is 5.02 Å². The molecule has 0 radical (unpaired) electrons.